The molecule has 0 aromatic carbocycles. The molecule has 0 aliphatic carbocycles. The van der Waals surface area contributed by atoms with Crippen molar-refractivity contribution < 1.29 is 13.6 Å². The maximum absolute atomic E-state index is 10.3. The van der Waals surface area contributed by atoms with Crippen molar-refractivity contribution in [2.24, 2.45) is 0 Å². The minimum atomic E-state index is -2.53. The molecule has 0 saturated carbocycles. The molecule has 5 heteroatoms. The van der Waals surface area contributed by atoms with Gasteiger partial charge in [0.2, 0.25) is 0 Å². The lowest BCUT2D eigenvalue weighted by atomic mass is 10.3. The van der Waals surface area contributed by atoms with Crippen LogP contribution >= 0.6 is 0 Å². The zero-order valence-corrected chi connectivity index (χ0v) is 5.66. The van der Waals surface area contributed by atoms with E-state index in [1.54, 1.807) is 4.72 Å². The quantitative estimate of drug-likeness (QED) is 0.423. The second kappa shape index (κ2) is 3.37. The van der Waals surface area contributed by atoms with E-state index in [1.807, 2.05) is 0 Å². The molecule has 0 spiro atoms. The molecule has 0 heterocycles. The average Bonchev–Trinajstić information content (AvgIpc) is 1.63. The highest BCUT2D eigenvalue weighted by molar-refractivity contribution is 7.77. The zero-order chi connectivity index (χ0) is 7.44. The van der Waals surface area contributed by atoms with Crippen LogP contribution in [0, 0.1) is 0 Å². The first-order valence-corrected chi connectivity index (χ1v) is 3.17. The van der Waals surface area contributed by atoms with Gasteiger partial charge in [-0.15, -0.1) is 0 Å². The van der Waals surface area contributed by atoms with Gasteiger partial charge < -0.3 is 4.55 Å². The third-order valence-corrected chi connectivity index (χ3v) is 0.916. The van der Waals surface area contributed by atoms with E-state index in [0.29, 0.717) is 0 Å². The van der Waals surface area contributed by atoms with Gasteiger partial charge in [-0.05, 0) is 6.92 Å². The molecule has 0 saturated heterocycles. The van der Waals surface area contributed by atoms with Crippen LogP contribution in [0.2, 0.25) is 0 Å². The van der Waals surface area contributed by atoms with E-state index in [4.69, 9.17) is 0 Å². The van der Waals surface area contributed by atoms with Crippen LogP contribution < -0.4 is 4.72 Å². The van der Waals surface area contributed by atoms with Gasteiger partial charge in [0.05, 0.1) is 0 Å². The van der Waals surface area contributed by atoms with E-state index in [2.05, 4.69) is 6.58 Å². The maximum Gasteiger partial charge on any atom is 0.257 e. The largest absolute Gasteiger partial charge is 0.755 e. The Morgan fingerprint density at radius 1 is 1.78 bits per heavy atom. The van der Waals surface area contributed by atoms with Crippen LogP contribution in [-0.4, -0.2) is 14.7 Å². The van der Waals surface area contributed by atoms with Crippen LogP contribution in [-0.2, 0) is 16.1 Å². The Morgan fingerprint density at radius 3 is 2.33 bits per heavy atom. The van der Waals surface area contributed by atoms with Crippen LogP contribution in [0.4, 0.5) is 0 Å². The van der Waals surface area contributed by atoms with Crippen molar-refractivity contribution in [2.75, 3.05) is 0 Å². The van der Waals surface area contributed by atoms with Crippen LogP contribution in [0.1, 0.15) is 6.92 Å². The molecule has 0 radical (unpaired) electrons. The lowest BCUT2D eigenvalue weighted by Crippen LogP contribution is -2.25. The van der Waals surface area contributed by atoms with E-state index in [-0.39, 0.29) is 5.57 Å². The number of rotatable bonds is 2. The van der Waals surface area contributed by atoms with Gasteiger partial charge in [-0.1, -0.05) is 6.58 Å². The van der Waals surface area contributed by atoms with Gasteiger partial charge in [-0.25, -0.2) is 0 Å². The predicted molar refractivity (Wildman–Crippen MR) is 31.9 cm³/mol. The van der Waals surface area contributed by atoms with Crippen molar-refractivity contribution in [3.8, 4) is 0 Å². The van der Waals surface area contributed by atoms with Crippen molar-refractivity contribution in [3.63, 3.8) is 0 Å². The molecular formula is C4H6NO3S-. The van der Waals surface area contributed by atoms with E-state index >= 15 is 0 Å². The average molecular weight is 148 g/mol. The van der Waals surface area contributed by atoms with Gasteiger partial charge in [0.15, 0.2) is 0 Å². The topological polar surface area (TPSA) is 69.2 Å². The summed E-state index contributed by atoms with van der Waals surface area (Å²) >= 11 is -2.53. The van der Waals surface area contributed by atoms with Gasteiger partial charge in [0.1, 0.15) is 0 Å². The fourth-order valence-electron chi connectivity index (χ4n) is 0.163. The Balaban J connectivity index is 3.79. The van der Waals surface area contributed by atoms with E-state index in [1.165, 1.54) is 6.92 Å². The Labute approximate surface area is 55.4 Å². The molecule has 1 atom stereocenters. The van der Waals surface area contributed by atoms with Crippen molar-refractivity contribution >= 4 is 17.2 Å². The Hall–Kier alpha value is -0.680. The summed E-state index contributed by atoms with van der Waals surface area (Å²) < 4.78 is 21.1. The van der Waals surface area contributed by atoms with E-state index < -0.39 is 17.2 Å². The summed E-state index contributed by atoms with van der Waals surface area (Å²) in [4.78, 5) is 10.3. The Kier molecular flexibility index (Phi) is 3.11. The smallest absolute Gasteiger partial charge is 0.257 e. The molecule has 0 aromatic heterocycles. The highest BCUT2D eigenvalue weighted by atomic mass is 32.2. The number of hydrogen-bond donors (Lipinski definition) is 1. The predicted octanol–water partition coefficient (Wildman–Crippen LogP) is -0.527. The molecule has 0 fully saturated rings. The fourth-order valence-corrected chi connectivity index (χ4v) is 0.488. The normalized spacial score (nSPS) is 12.2. The molecule has 1 N–H and O–H groups in total. The first kappa shape index (κ1) is 8.32. The highest BCUT2D eigenvalue weighted by Crippen LogP contribution is 1.84. The monoisotopic (exact) mass is 148 g/mol. The van der Waals surface area contributed by atoms with E-state index in [0.717, 1.165) is 0 Å². The van der Waals surface area contributed by atoms with Gasteiger partial charge >= 0.3 is 0 Å². The van der Waals surface area contributed by atoms with Crippen molar-refractivity contribution in [1.29, 1.82) is 0 Å². The lowest BCUT2D eigenvalue weighted by molar-refractivity contribution is -0.115. The SMILES string of the molecule is C=C(C)C(=O)NS(=O)[O-]. The summed E-state index contributed by atoms with van der Waals surface area (Å²) in [6.07, 6.45) is 0. The van der Waals surface area contributed by atoms with Crippen LogP contribution in [0.25, 0.3) is 0 Å². The summed E-state index contributed by atoms with van der Waals surface area (Å²) in [6.45, 7) is 4.64. The summed E-state index contributed by atoms with van der Waals surface area (Å²) in [5.74, 6) is -0.677. The molecular weight excluding hydrogens is 142 g/mol. The van der Waals surface area contributed by atoms with Crippen LogP contribution in [0.15, 0.2) is 12.2 Å². The summed E-state index contributed by atoms with van der Waals surface area (Å²) in [7, 11) is 0. The lowest BCUT2D eigenvalue weighted by Gasteiger charge is -2.04. The minimum Gasteiger partial charge on any atom is -0.755 e. The number of amides is 1. The van der Waals surface area contributed by atoms with Gasteiger partial charge in [-0.2, -0.15) is 0 Å². The molecule has 52 valence electrons. The minimum absolute atomic E-state index is 0.166. The Morgan fingerprint density at radius 2 is 2.22 bits per heavy atom. The molecule has 0 rings (SSSR count). The summed E-state index contributed by atoms with van der Waals surface area (Å²) in [5.41, 5.74) is 0.166. The van der Waals surface area contributed by atoms with E-state index in [9.17, 15) is 13.6 Å². The summed E-state index contributed by atoms with van der Waals surface area (Å²) in [6, 6.07) is 0. The molecule has 0 bridgehead atoms. The maximum atomic E-state index is 10.3. The molecule has 1 amide bonds. The standard InChI is InChI=1S/C4H7NO3S/c1-3(2)4(6)5-9(7)8/h1H2,2H3,(H,5,6)(H,7,8)/p-1. The van der Waals surface area contributed by atoms with Crippen LogP contribution in [0.5, 0.6) is 0 Å². The molecule has 1 unspecified atom stereocenters. The molecule has 0 aliphatic heterocycles. The second-order valence-corrected chi connectivity index (χ2v) is 2.12. The van der Waals surface area contributed by atoms with Gasteiger partial charge in [0.25, 0.3) is 5.91 Å². The zero-order valence-electron chi connectivity index (χ0n) is 4.84. The number of carbonyl (C=O) groups excluding carboxylic acids is 1. The fraction of sp³-hybridized carbons (Fsp3) is 0.250. The molecule has 4 nitrogen and oxygen atoms in total. The number of carbonyl (C=O) groups is 1. The molecule has 9 heavy (non-hydrogen) atoms. The van der Waals surface area contributed by atoms with Crippen molar-refractivity contribution in [2.45, 2.75) is 6.92 Å². The van der Waals surface area contributed by atoms with Crippen molar-refractivity contribution in [1.82, 2.24) is 4.72 Å². The third-order valence-electron chi connectivity index (χ3n) is 0.564. The first-order valence-electron chi connectivity index (χ1n) is 2.10. The van der Waals surface area contributed by atoms with Gasteiger partial charge in [0, 0.05) is 16.8 Å². The molecule has 0 aromatic rings. The first-order chi connectivity index (χ1) is 4.04. The Bertz CT molecular complexity index is 165. The second-order valence-electron chi connectivity index (χ2n) is 1.45. The van der Waals surface area contributed by atoms with Crippen LogP contribution in [0.3, 0.4) is 0 Å². The third kappa shape index (κ3) is 3.87. The number of nitrogens with one attached hydrogen (secondary N) is 1. The van der Waals surface area contributed by atoms with Crippen molar-refractivity contribution in [3.05, 3.63) is 12.2 Å². The van der Waals surface area contributed by atoms with Gasteiger partial charge in [-0.3, -0.25) is 13.7 Å². The highest BCUT2D eigenvalue weighted by Gasteiger charge is 1.97. The summed E-state index contributed by atoms with van der Waals surface area (Å²) in [5, 5.41) is 0. The molecule has 0 aliphatic rings. The number of hydrogen-bond acceptors (Lipinski definition) is 3.